The molecular weight excluding hydrogens is 535 g/mol. The van der Waals surface area contributed by atoms with Crippen molar-refractivity contribution in [3.05, 3.63) is 116 Å². The molecule has 0 fully saturated rings. The van der Waals surface area contributed by atoms with Gasteiger partial charge in [0.25, 0.3) is 0 Å². The molecule has 1 radical (unpaired) electrons. The molecule has 0 N–H and O–H groups in total. The van der Waals surface area contributed by atoms with E-state index in [4.69, 9.17) is 0 Å². The number of hydrogen-bond donors (Lipinski definition) is 0. The third-order valence-corrected chi connectivity index (χ3v) is 4.16. The molecule has 143 valence electrons. The van der Waals surface area contributed by atoms with Gasteiger partial charge in [0, 0.05) is 26.3 Å². The fraction of sp³-hybridized carbons (Fsp3) is 0. The Balaban J connectivity index is 0.000000167. The van der Waals surface area contributed by atoms with Crippen LogP contribution in [0.15, 0.2) is 104 Å². The summed E-state index contributed by atoms with van der Waals surface area (Å²) in [6, 6.07) is 35.8. The van der Waals surface area contributed by atoms with E-state index in [1.165, 1.54) is 0 Å². The van der Waals surface area contributed by atoms with E-state index in [2.05, 4.69) is 27.1 Å². The fourth-order valence-corrected chi connectivity index (χ4v) is 2.83. The molecule has 0 saturated heterocycles. The van der Waals surface area contributed by atoms with E-state index < -0.39 is 0 Å². The fourth-order valence-electron chi connectivity index (χ4n) is 2.83. The number of para-hydroxylation sites is 1. The summed E-state index contributed by atoms with van der Waals surface area (Å²) in [5.41, 5.74) is 4.91. The third kappa shape index (κ3) is 5.20. The van der Waals surface area contributed by atoms with Gasteiger partial charge in [0.1, 0.15) is 6.33 Å². The van der Waals surface area contributed by atoms with Crippen molar-refractivity contribution in [2.45, 2.75) is 0 Å². The van der Waals surface area contributed by atoms with Gasteiger partial charge in [0.2, 0.25) is 0 Å². The van der Waals surface area contributed by atoms with Crippen molar-refractivity contribution in [3.63, 3.8) is 0 Å². The molecule has 29 heavy (non-hydrogen) atoms. The van der Waals surface area contributed by atoms with Crippen molar-refractivity contribution in [3.8, 4) is 22.5 Å². The van der Waals surface area contributed by atoms with Gasteiger partial charge in [-0.3, -0.25) is 4.98 Å². The molecular formula is C25H17IrN3-2. The van der Waals surface area contributed by atoms with Crippen molar-refractivity contribution in [2.24, 2.45) is 0 Å². The Labute approximate surface area is 183 Å². The molecule has 0 aliphatic carbocycles. The van der Waals surface area contributed by atoms with E-state index in [0.29, 0.717) is 0 Å². The molecule has 2 aromatic heterocycles. The van der Waals surface area contributed by atoms with Crippen molar-refractivity contribution in [1.29, 1.82) is 0 Å². The van der Waals surface area contributed by atoms with Crippen LogP contribution in [0.4, 0.5) is 0 Å². The molecule has 2 heterocycles. The zero-order valence-electron chi connectivity index (χ0n) is 15.5. The van der Waals surface area contributed by atoms with Crippen molar-refractivity contribution in [2.75, 3.05) is 0 Å². The summed E-state index contributed by atoms with van der Waals surface area (Å²) in [4.78, 5) is 12.8. The van der Waals surface area contributed by atoms with Gasteiger partial charge in [-0.2, -0.15) is 0 Å². The number of aromatic nitrogens is 3. The summed E-state index contributed by atoms with van der Waals surface area (Å²) in [6.07, 6.45) is 3.38. The summed E-state index contributed by atoms with van der Waals surface area (Å²) in [6.45, 7) is 0. The summed E-state index contributed by atoms with van der Waals surface area (Å²) in [7, 11) is 0. The normalized spacial score (nSPS) is 9.79. The molecule has 3 nitrogen and oxygen atoms in total. The van der Waals surface area contributed by atoms with E-state index in [0.717, 1.165) is 33.4 Å². The zero-order valence-corrected chi connectivity index (χ0v) is 17.9. The average molecular weight is 552 g/mol. The topological polar surface area (TPSA) is 38.7 Å². The smallest absolute Gasteiger partial charge is 0.106 e. The maximum absolute atomic E-state index is 4.33. The van der Waals surface area contributed by atoms with Crippen LogP contribution in [0.5, 0.6) is 0 Å². The molecule has 3 aromatic carbocycles. The molecule has 5 aromatic rings. The number of nitrogens with zero attached hydrogens (tertiary/aromatic N) is 3. The van der Waals surface area contributed by atoms with Crippen LogP contribution in [-0.2, 0) is 20.1 Å². The predicted molar refractivity (Wildman–Crippen MR) is 112 cm³/mol. The monoisotopic (exact) mass is 552 g/mol. The van der Waals surface area contributed by atoms with Crippen molar-refractivity contribution < 1.29 is 20.1 Å². The predicted octanol–water partition coefficient (Wildman–Crippen LogP) is 5.64. The largest absolute Gasteiger partial charge is 0.305 e. The molecule has 0 atom stereocenters. The van der Waals surface area contributed by atoms with Crippen LogP contribution < -0.4 is 0 Å². The number of hydrogen-bond acceptors (Lipinski definition) is 3. The van der Waals surface area contributed by atoms with E-state index in [-0.39, 0.29) is 20.1 Å². The van der Waals surface area contributed by atoms with Gasteiger partial charge in [-0.15, -0.1) is 71.8 Å². The molecule has 0 unspecified atom stereocenters. The van der Waals surface area contributed by atoms with Crippen molar-refractivity contribution >= 4 is 10.9 Å². The zero-order chi connectivity index (χ0) is 19.0. The summed E-state index contributed by atoms with van der Waals surface area (Å²) >= 11 is 0. The minimum atomic E-state index is 0. The van der Waals surface area contributed by atoms with Crippen LogP contribution in [0, 0.1) is 12.1 Å². The van der Waals surface area contributed by atoms with Gasteiger partial charge >= 0.3 is 0 Å². The minimum Gasteiger partial charge on any atom is -0.305 e. The second kappa shape index (κ2) is 10.4. The van der Waals surface area contributed by atoms with E-state index in [1.54, 1.807) is 12.5 Å². The summed E-state index contributed by atoms with van der Waals surface area (Å²) in [5.74, 6) is 0. The Bertz CT molecular complexity index is 1100. The minimum absolute atomic E-state index is 0. The Morgan fingerprint density at radius 2 is 1.28 bits per heavy atom. The second-order valence-electron chi connectivity index (χ2n) is 6.01. The Kier molecular flexibility index (Phi) is 7.34. The SMILES string of the molecule is [Ir].[c-]1ccccc1-c1ccccn1.[c-]1ccccc1-c1ncnc2ccccc12. The standard InChI is InChI=1S/C14H9N2.C11H8N.Ir/c1-2-6-11(7-3-1)14-12-8-4-5-9-13(12)15-10-16-14;1-2-6-10(7-3-1)11-8-4-5-9-12-11;/h1-6,8-10H;1-6,8-9H;/q2*-1;. The molecule has 0 spiro atoms. The van der Waals surface area contributed by atoms with Crippen LogP contribution in [-0.4, -0.2) is 15.0 Å². The number of pyridine rings is 1. The Hall–Kier alpha value is -3.20. The quantitative estimate of drug-likeness (QED) is 0.267. The molecule has 4 heteroatoms. The van der Waals surface area contributed by atoms with Gasteiger partial charge in [-0.05, 0) is 28.9 Å². The first-order valence-electron chi connectivity index (χ1n) is 8.97. The van der Waals surface area contributed by atoms with Crippen LogP contribution >= 0.6 is 0 Å². The van der Waals surface area contributed by atoms with Gasteiger partial charge in [0.05, 0.1) is 5.52 Å². The third-order valence-electron chi connectivity index (χ3n) is 4.16. The first-order chi connectivity index (χ1) is 13.9. The van der Waals surface area contributed by atoms with E-state index >= 15 is 0 Å². The number of fused-ring (bicyclic) bond motifs is 1. The van der Waals surface area contributed by atoms with Gasteiger partial charge in [-0.25, -0.2) is 4.98 Å². The van der Waals surface area contributed by atoms with Crippen LogP contribution in [0.1, 0.15) is 0 Å². The maximum Gasteiger partial charge on any atom is 0.106 e. The molecule has 0 bridgehead atoms. The number of rotatable bonds is 2. The Morgan fingerprint density at radius 3 is 1.97 bits per heavy atom. The second-order valence-corrected chi connectivity index (χ2v) is 6.01. The van der Waals surface area contributed by atoms with Gasteiger partial charge in [-0.1, -0.05) is 30.3 Å². The molecule has 0 saturated carbocycles. The summed E-state index contributed by atoms with van der Waals surface area (Å²) < 4.78 is 0. The van der Waals surface area contributed by atoms with Crippen LogP contribution in [0.3, 0.4) is 0 Å². The maximum atomic E-state index is 4.33. The first-order valence-corrected chi connectivity index (χ1v) is 8.97. The molecule has 0 aliphatic heterocycles. The van der Waals surface area contributed by atoms with E-state index in [1.807, 2.05) is 91.0 Å². The summed E-state index contributed by atoms with van der Waals surface area (Å²) in [5, 5.41) is 1.06. The number of benzene rings is 3. The van der Waals surface area contributed by atoms with Crippen LogP contribution in [0.2, 0.25) is 0 Å². The van der Waals surface area contributed by atoms with Crippen molar-refractivity contribution in [1.82, 2.24) is 15.0 Å². The van der Waals surface area contributed by atoms with Crippen LogP contribution in [0.25, 0.3) is 33.4 Å². The molecule has 5 rings (SSSR count). The first kappa shape index (κ1) is 20.5. The van der Waals surface area contributed by atoms with E-state index in [9.17, 15) is 0 Å². The average Bonchev–Trinajstić information content (AvgIpc) is 2.81. The van der Waals surface area contributed by atoms with Gasteiger partial charge < -0.3 is 4.98 Å². The molecule has 0 amide bonds. The van der Waals surface area contributed by atoms with Gasteiger partial charge in [0.15, 0.2) is 0 Å². The Morgan fingerprint density at radius 1 is 0.586 bits per heavy atom. The molecule has 0 aliphatic rings.